The summed E-state index contributed by atoms with van der Waals surface area (Å²) in [5, 5.41) is 0. The molecule has 2 nitrogen and oxygen atoms in total. The first-order valence-corrected chi connectivity index (χ1v) is 7.07. The molecule has 0 heterocycles. The van der Waals surface area contributed by atoms with Crippen molar-refractivity contribution in [3.05, 3.63) is 36.4 Å². The summed E-state index contributed by atoms with van der Waals surface area (Å²) < 4.78 is 5.75. The summed E-state index contributed by atoms with van der Waals surface area (Å²) in [7, 11) is 0. The van der Waals surface area contributed by atoms with Crippen molar-refractivity contribution in [2.75, 3.05) is 19.7 Å². The second-order valence-corrected chi connectivity index (χ2v) is 5.73. The highest BCUT2D eigenvalue weighted by Gasteiger charge is 2.18. The Balaban J connectivity index is 2.31. The van der Waals surface area contributed by atoms with E-state index in [4.69, 9.17) is 4.74 Å². The zero-order valence-corrected chi connectivity index (χ0v) is 12.8. The number of hydrogen-bond donors (Lipinski definition) is 0. The lowest BCUT2D eigenvalue weighted by molar-refractivity contribution is 0.134. The third kappa shape index (κ3) is 5.48. The molecule has 19 heavy (non-hydrogen) atoms. The fraction of sp³-hybridized carbons (Fsp3) is 0.529. The zero-order chi connectivity index (χ0) is 14.3. The predicted molar refractivity (Wildman–Crippen MR) is 83.6 cm³/mol. The van der Waals surface area contributed by atoms with Crippen LogP contribution in [-0.4, -0.2) is 30.1 Å². The number of hydrogen-bond acceptors (Lipinski definition) is 2. The van der Waals surface area contributed by atoms with Crippen LogP contribution in [0.5, 0.6) is 5.75 Å². The van der Waals surface area contributed by atoms with Crippen molar-refractivity contribution in [3.8, 4) is 5.75 Å². The highest BCUT2D eigenvalue weighted by Crippen LogP contribution is 2.15. The summed E-state index contributed by atoms with van der Waals surface area (Å²) in [6.45, 7) is 15.6. The van der Waals surface area contributed by atoms with Crippen LogP contribution in [-0.2, 0) is 0 Å². The van der Waals surface area contributed by atoms with Gasteiger partial charge in [-0.25, -0.2) is 0 Å². The lowest BCUT2D eigenvalue weighted by Gasteiger charge is -2.34. The second kappa shape index (κ2) is 7.34. The van der Waals surface area contributed by atoms with E-state index in [0.29, 0.717) is 0 Å². The van der Waals surface area contributed by atoms with Gasteiger partial charge in [0.1, 0.15) is 5.75 Å². The lowest BCUT2D eigenvalue weighted by atomic mass is 10.1. The SMILES string of the molecule is C=Cc1ccc(OCCCN(CC)C(C)(C)C)cc1. The molecule has 0 atom stereocenters. The van der Waals surface area contributed by atoms with Gasteiger partial charge in [-0.15, -0.1) is 0 Å². The molecular weight excluding hydrogens is 234 g/mol. The number of ether oxygens (including phenoxy) is 1. The Morgan fingerprint density at radius 2 is 1.84 bits per heavy atom. The molecule has 0 aliphatic heterocycles. The molecule has 0 saturated carbocycles. The number of rotatable bonds is 7. The van der Waals surface area contributed by atoms with Gasteiger partial charge in [0, 0.05) is 12.1 Å². The van der Waals surface area contributed by atoms with E-state index in [-0.39, 0.29) is 5.54 Å². The van der Waals surface area contributed by atoms with Gasteiger partial charge < -0.3 is 4.74 Å². The van der Waals surface area contributed by atoms with Crippen molar-refractivity contribution in [1.29, 1.82) is 0 Å². The lowest BCUT2D eigenvalue weighted by Crippen LogP contribution is -2.42. The first kappa shape index (κ1) is 15.8. The van der Waals surface area contributed by atoms with Gasteiger partial charge in [0.2, 0.25) is 0 Å². The summed E-state index contributed by atoms with van der Waals surface area (Å²) in [6.07, 6.45) is 2.89. The van der Waals surface area contributed by atoms with Crippen LogP contribution < -0.4 is 4.74 Å². The summed E-state index contributed by atoms with van der Waals surface area (Å²) in [5.74, 6) is 0.935. The van der Waals surface area contributed by atoms with Crippen molar-refractivity contribution in [1.82, 2.24) is 4.90 Å². The minimum Gasteiger partial charge on any atom is -0.494 e. The first-order chi connectivity index (χ1) is 8.97. The van der Waals surface area contributed by atoms with Crippen LogP contribution in [0.3, 0.4) is 0 Å². The van der Waals surface area contributed by atoms with Gasteiger partial charge in [-0.05, 0) is 51.4 Å². The van der Waals surface area contributed by atoms with Gasteiger partial charge in [-0.2, -0.15) is 0 Å². The molecule has 0 saturated heterocycles. The van der Waals surface area contributed by atoms with E-state index in [0.717, 1.165) is 37.4 Å². The maximum absolute atomic E-state index is 5.75. The average molecular weight is 261 g/mol. The van der Waals surface area contributed by atoms with Crippen LogP contribution in [0.1, 0.15) is 39.7 Å². The Labute approximate surface area is 118 Å². The van der Waals surface area contributed by atoms with E-state index in [2.05, 4.69) is 39.2 Å². The fourth-order valence-electron chi connectivity index (χ4n) is 2.11. The van der Waals surface area contributed by atoms with Crippen LogP contribution >= 0.6 is 0 Å². The molecule has 0 aromatic heterocycles. The normalized spacial score (nSPS) is 11.6. The van der Waals surface area contributed by atoms with Gasteiger partial charge in [-0.3, -0.25) is 4.90 Å². The minimum atomic E-state index is 0.236. The molecular formula is C17H27NO. The van der Waals surface area contributed by atoms with E-state index in [1.54, 1.807) is 0 Å². The molecule has 0 N–H and O–H groups in total. The van der Waals surface area contributed by atoms with Crippen LogP contribution in [0.25, 0.3) is 6.08 Å². The summed E-state index contributed by atoms with van der Waals surface area (Å²) >= 11 is 0. The van der Waals surface area contributed by atoms with Crippen LogP contribution in [0.4, 0.5) is 0 Å². The van der Waals surface area contributed by atoms with E-state index in [1.165, 1.54) is 0 Å². The molecule has 106 valence electrons. The van der Waals surface area contributed by atoms with E-state index in [1.807, 2.05) is 30.3 Å². The van der Waals surface area contributed by atoms with Crippen LogP contribution in [0.2, 0.25) is 0 Å². The molecule has 0 amide bonds. The standard InChI is InChI=1S/C17H27NO/c1-6-15-9-11-16(12-10-15)19-14-8-13-18(7-2)17(3,4)5/h6,9-12H,1,7-8,13-14H2,2-5H3. The summed E-state index contributed by atoms with van der Waals surface area (Å²) in [5.41, 5.74) is 1.36. The van der Waals surface area contributed by atoms with Gasteiger partial charge in [0.25, 0.3) is 0 Å². The van der Waals surface area contributed by atoms with Crippen LogP contribution in [0, 0.1) is 0 Å². The molecule has 1 rings (SSSR count). The van der Waals surface area contributed by atoms with Crippen LogP contribution in [0.15, 0.2) is 30.8 Å². The van der Waals surface area contributed by atoms with Crippen molar-refractivity contribution in [3.63, 3.8) is 0 Å². The van der Waals surface area contributed by atoms with E-state index >= 15 is 0 Å². The minimum absolute atomic E-state index is 0.236. The first-order valence-electron chi connectivity index (χ1n) is 7.07. The molecule has 1 aromatic carbocycles. The van der Waals surface area contributed by atoms with E-state index in [9.17, 15) is 0 Å². The van der Waals surface area contributed by atoms with Gasteiger partial charge in [0.15, 0.2) is 0 Å². The van der Waals surface area contributed by atoms with Gasteiger partial charge in [-0.1, -0.05) is 31.7 Å². The van der Waals surface area contributed by atoms with Crippen molar-refractivity contribution in [2.45, 2.75) is 39.7 Å². The molecule has 0 aliphatic carbocycles. The Morgan fingerprint density at radius 3 is 2.32 bits per heavy atom. The summed E-state index contributed by atoms with van der Waals surface area (Å²) in [4.78, 5) is 2.47. The monoisotopic (exact) mass is 261 g/mol. The molecule has 0 unspecified atom stereocenters. The Morgan fingerprint density at radius 1 is 1.21 bits per heavy atom. The maximum Gasteiger partial charge on any atom is 0.119 e. The van der Waals surface area contributed by atoms with E-state index < -0.39 is 0 Å². The zero-order valence-electron chi connectivity index (χ0n) is 12.8. The molecule has 2 heteroatoms. The van der Waals surface area contributed by atoms with Crippen molar-refractivity contribution in [2.24, 2.45) is 0 Å². The molecule has 0 radical (unpaired) electrons. The number of nitrogens with zero attached hydrogens (tertiary/aromatic N) is 1. The Bertz CT molecular complexity index is 375. The molecule has 1 aromatic rings. The topological polar surface area (TPSA) is 12.5 Å². The molecule has 0 spiro atoms. The van der Waals surface area contributed by atoms with Crippen molar-refractivity contribution >= 4 is 6.08 Å². The molecule has 0 aliphatic rings. The van der Waals surface area contributed by atoms with Gasteiger partial charge >= 0.3 is 0 Å². The summed E-state index contributed by atoms with van der Waals surface area (Å²) in [6, 6.07) is 8.04. The highest BCUT2D eigenvalue weighted by molar-refractivity contribution is 5.48. The second-order valence-electron chi connectivity index (χ2n) is 5.73. The maximum atomic E-state index is 5.75. The average Bonchev–Trinajstić information content (AvgIpc) is 2.38. The Hall–Kier alpha value is -1.28. The predicted octanol–water partition coefficient (Wildman–Crippen LogP) is 4.22. The third-order valence-corrected chi connectivity index (χ3v) is 3.29. The smallest absolute Gasteiger partial charge is 0.119 e. The van der Waals surface area contributed by atoms with Crippen molar-refractivity contribution < 1.29 is 4.74 Å². The Kier molecular flexibility index (Phi) is 6.10. The largest absolute Gasteiger partial charge is 0.494 e. The fourth-order valence-corrected chi connectivity index (χ4v) is 2.11. The quantitative estimate of drug-likeness (QED) is 0.681. The third-order valence-electron chi connectivity index (χ3n) is 3.29. The van der Waals surface area contributed by atoms with Gasteiger partial charge in [0.05, 0.1) is 6.61 Å². The molecule has 0 bridgehead atoms. The number of benzene rings is 1. The highest BCUT2D eigenvalue weighted by atomic mass is 16.5. The molecule has 0 fully saturated rings.